The molecule has 1 saturated carbocycles. The molecule has 0 aromatic heterocycles. The first-order chi connectivity index (χ1) is 5.79. The lowest BCUT2D eigenvalue weighted by atomic mass is 9.89. The number of nitrogens with one attached hydrogen (secondary N) is 1. The second kappa shape index (κ2) is 3.59. The van der Waals surface area contributed by atoms with Crippen molar-refractivity contribution < 1.29 is 0 Å². The SMILES string of the molecule is CC1(CNC2CSC2)CCCC1. The fourth-order valence-corrected chi connectivity index (χ4v) is 2.86. The van der Waals surface area contributed by atoms with Crippen LogP contribution in [-0.4, -0.2) is 24.1 Å². The van der Waals surface area contributed by atoms with Gasteiger partial charge in [0.25, 0.3) is 0 Å². The third-order valence-corrected chi connectivity index (χ3v) is 4.54. The van der Waals surface area contributed by atoms with E-state index < -0.39 is 0 Å². The number of hydrogen-bond donors (Lipinski definition) is 1. The molecule has 0 aromatic carbocycles. The summed E-state index contributed by atoms with van der Waals surface area (Å²) in [4.78, 5) is 0. The molecule has 2 aliphatic rings. The maximum absolute atomic E-state index is 3.68. The van der Waals surface area contributed by atoms with Gasteiger partial charge >= 0.3 is 0 Å². The summed E-state index contributed by atoms with van der Waals surface area (Å²) in [6, 6.07) is 0.840. The first-order valence-electron chi connectivity index (χ1n) is 5.10. The molecule has 0 atom stereocenters. The van der Waals surface area contributed by atoms with Crippen molar-refractivity contribution in [2.75, 3.05) is 18.1 Å². The predicted molar refractivity (Wildman–Crippen MR) is 55.7 cm³/mol. The molecule has 70 valence electrons. The Morgan fingerprint density at radius 2 is 2.00 bits per heavy atom. The fourth-order valence-electron chi connectivity index (χ4n) is 2.15. The van der Waals surface area contributed by atoms with E-state index in [1.54, 1.807) is 0 Å². The zero-order valence-electron chi connectivity index (χ0n) is 7.94. The monoisotopic (exact) mass is 185 g/mol. The van der Waals surface area contributed by atoms with Crippen molar-refractivity contribution in [3.8, 4) is 0 Å². The lowest BCUT2D eigenvalue weighted by Gasteiger charge is -2.31. The van der Waals surface area contributed by atoms with Gasteiger partial charge in [-0.2, -0.15) is 11.8 Å². The van der Waals surface area contributed by atoms with Gasteiger partial charge in [0.15, 0.2) is 0 Å². The summed E-state index contributed by atoms with van der Waals surface area (Å²) in [5, 5.41) is 3.68. The van der Waals surface area contributed by atoms with Crippen LogP contribution in [0.15, 0.2) is 0 Å². The van der Waals surface area contributed by atoms with E-state index in [9.17, 15) is 0 Å². The van der Waals surface area contributed by atoms with Gasteiger partial charge in [-0.05, 0) is 18.3 Å². The molecule has 0 unspecified atom stereocenters. The van der Waals surface area contributed by atoms with Crippen molar-refractivity contribution in [2.45, 2.75) is 38.6 Å². The highest BCUT2D eigenvalue weighted by Gasteiger charge is 2.29. The summed E-state index contributed by atoms with van der Waals surface area (Å²) in [5.74, 6) is 2.69. The molecule has 0 amide bonds. The first-order valence-corrected chi connectivity index (χ1v) is 6.25. The summed E-state index contributed by atoms with van der Waals surface area (Å²) < 4.78 is 0. The van der Waals surface area contributed by atoms with Crippen LogP contribution < -0.4 is 5.32 Å². The van der Waals surface area contributed by atoms with Crippen LogP contribution in [-0.2, 0) is 0 Å². The third kappa shape index (κ3) is 1.97. The second-order valence-electron chi connectivity index (χ2n) is 4.63. The average Bonchev–Trinajstić information content (AvgIpc) is 2.33. The van der Waals surface area contributed by atoms with E-state index in [2.05, 4.69) is 24.0 Å². The lowest BCUT2D eigenvalue weighted by molar-refractivity contribution is 0.304. The molecule has 1 aliphatic heterocycles. The van der Waals surface area contributed by atoms with Crippen LogP contribution in [0.25, 0.3) is 0 Å². The summed E-state index contributed by atoms with van der Waals surface area (Å²) in [5.41, 5.74) is 0.639. The Morgan fingerprint density at radius 3 is 2.50 bits per heavy atom. The number of hydrogen-bond acceptors (Lipinski definition) is 2. The zero-order chi connectivity index (χ0) is 8.44. The largest absolute Gasteiger partial charge is 0.312 e. The van der Waals surface area contributed by atoms with Crippen molar-refractivity contribution in [1.82, 2.24) is 5.32 Å². The van der Waals surface area contributed by atoms with Crippen LogP contribution in [0.3, 0.4) is 0 Å². The van der Waals surface area contributed by atoms with Crippen LogP contribution >= 0.6 is 11.8 Å². The molecular formula is C10H19NS. The minimum atomic E-state index is 0.639. The molecule has 1 saturated heterocycles. The maximum atomic E-state index is 3.68. The molecule has 2 fully saturated rings. The second-order valence-corrected chi connectivity index (χ2v) is 5.71. The van der Waals surface area contributed by atoms with Crippen molar-refractivity contribution >= 4 is 11.8 Å². The van der Waals surface area contributed by atoms with Crippen LogP contribution in [0.1, 0.15) is 32.6 Å². The normalized spacial score (nSPS) is 28.8. The van der Waals surface area contributed by atoms with E-state index in [-0.39, 0.29) is 0 Å². The maximum Gasteiger partial charge on any atom is 0.0249 e. The molecular weight excluding hydrogens is 166 g/mol. The van der Waals surface area contributed by atoms with Crippen molar-refractivity contribution in [1.29, 1.82) is 0 Å². The topological polar surface area (TPSA) is 12.0 Å². The van der Waals surface area contributed by atoms with E-state index >= 15 is 0 Å². The summed E-state index contributed by atoms with van der Waals surface area (Å²) in [6.45, 7) is 3.71. The van der Waals surface area contributed by atoms with Gasteiger partial charge in [0.1, 0.15) is 0 Å². The Hall–Kier alpha value is 0.310. The van der Waals surface area contributed by atoms with E-state index in [0.29, 0.717) is 5.41 Å². The average molecular weight is 185 g/mol. The van der Waals surface area contributed by atoms with Gasteiger partial charge in [0, 0.05) is 24.1 Å². The number of rotatable bonds is 3. The highest BCUT2D eigenvalue weighted by molar-refractivity contribution is 8.00. The summed E-state index contributed by atoms with van der Waals surface area (Å²) in [6.07, 6.45) is 5.80. The number of thioether (sulfide) groups is 1. The molecule has 1 N–H and O–H groups in total. The summed E-state index contributed by atoms with van der Waals surface area (Å²) in [7, 11) is 0. The van der Waals surface area contributed by atoms with Gasteiger partial charge in [0.05, 0.1) is 0 Å². The lowest BCUT2D eigenvalue weighted by Crippen LogP contribution is -2.44. The van der Waals surface area contributed by atoms with Gasteiger partial charge in [-0.1, -0.05) is 19.8 Å². The van der Waals surface area contributed by atoms with Gasteiger partial charge < -0.3 is 5.32 Å². The minimum Gasteiger partial charge on any atom is -0.312 e. The van der Waals surface area contributed by atoms with Crippen LogP contribution in [0.2, 0.25) is 0 Å². The van der Waals surface area contributed by atoms with Crippen molar-refractivity contribution in [2.24, 2.45) is 5.41 Å². The van der Waals surface area contributed by atoms with E-state index in [4.69, 9.17) is 0 Å². The zero-order valence-corrected chi connectivity index (χ0v) is 8.75. The molecule has 2 heteroatoms. The Bertz CT molecular complexity index is 148. The smallest absolute Gasteiger partial charge is 0.0249 e. The van der Waals surface area contributed by atoms with Gasteiger partial charge in [-0.25, -0.2) is 0 Å². The van der Waals surface area contributed by atoms with Crippen molar-refractivity contribution in [3.63, 3.8) is 0 Å². The Kier molecular flexibility index (Phi) is 2.66. The van der Waals surface area contributed by atoms with Crippen LogP contribution in [0.4, 0.5) is 0 Å². The molecule has 1 heterocycles. The Balaban J connectivity index is 1.70. The van der Waals surface area contributed by atoms with Gasteiger partial charge in [0.2, 0.25) is 0 Å². The fraction of sp³-hybridized carbons (Fsp3) is 1.00. The molecule has 1 nitrogen and oxygen atoms in total. The van der Waals surface area contributed by atoms with E-state index in [1.807, 2.05) is 0 Å². The highest BCUT2D eigenvalue weighted by atomic mass is 32.2. The predicted octanol–water partition coefficient (Wildman–Crippen LogP) is 2.27. The summed E-state index contributed by atoms with van der Waals surface area (Å²) >= 11 is 2.06. The minimum absolute atomic E-state index is 0.639. The third-order valence-electron chi connectivity index (χ3n) is 3.27. The molecule has 12 heavy (non-hydrogen) atoms. The van der Waals surface area contributed by atoms with E-state index in [0.717, 1.165) is 6.04 Å². The highest BCUT2D eigenvalue weighted by Crippen LogP contribution is 2.37. The molecule has 0 spiro atoms. The van der Waals surface area contributed by atoms with Gasteiger partial charge in [-0.15, -0.1) is 0 Å². The Labute approximate surface area is 79.7 Å². The van der Waals surface area contributed by atoms with E-state index in [1.165, 1.54) is 43.7 Å². The first kappa shape index (κ1) is 8.89. The van der Waals surface area contributed by atoms with Crippen molar-refractivity contribution in [3.05, 3.63) is 0 Å². The van der Waals surface area contributed by atoms with Crippen LogP contribution in [0.5, 0.6) is 0 Å². The molecule has 0 bridgehead atoms. The molecule has 0 aromatic rings. The van der Waals surface area contributed by atoms with Crippen LogP contribution in [0, 0.1) is 5.41 Å². The molecule has 0 radical (unpaired) electrons. The Morgan fingerprint density at radius 1 is 1.33 bits per heavy atom. The van der Waals surface area contributed by atoms with Gasteiger partial charge in [-0.3, -0.25) is 0 Å². The molecule has 1 aliphatic carbocycles. The standard InChI is InChI=1S/C10H19NS/c1-10(4-2-3-5-10)8-11-9-6-12-7-9/h9,11H,2-8H2,1H3. The molecule has 2 rings (SSSR count). The quantitative estimate of drug-likeness (QED) is 0.724.